The topological polar surface area (TPSA) is 66.6 Å². The highest BCUT2D eigenvalue weighted by Gasteiger charge is 2.24. The number of carbonyl (C=O) groups is 1. The van der Waals surface area contributed by atoms with Crippen molar-refractivity contribution in [1.82, 2.24) is 0 Å². The van der Waals surface area contributed by atoms with E-state index in [0.717, 1.165) is 37.5 Å². The quantitative estimate of drug-likeness (QED) is 0.822. The lowest BCUT2D eigenvalue weighted by Gasteiger charge is -2.36. The Bertz CT molecular complexity index is 463. The Hall–Kier alpha value is -1.71. The number of anilines is 2. The third kappa shape index (κ3) is 3.00. The van der Waals surface area contributed by atoms with E-state index in [2.05, 4.69) is 18.7 Å². The molecule has 1 fully saturated rings. The molecule has 4 nitrogen and oxygen atoms in total. The Labute approximate surface area is 114 Å². The summed E-state index contributed by atoms with van der Waals surface area (Å²) in [7, 11) is 0. The summed E-state index contributed by atoms with van der Waals surface area (Å²) < 4.78 is 0. The fraction of sp³-hybridized carbons (Fsp3) is 0.533. The standard InChI is InChI=1S/C15H22N2O2/c1-10(2)11-5-7-17(8-6-11)14-4-3-12(16)9-13(14)15(18)19/h3-4,9-11H,5-8,16H2,1-2H3,(H,18,19). The van der Waals surface area contributed by atoms with Gasteiger partial charge in [0.2, 0.25) is 0 Å². The van der Waals surface area contributed by atoms with Gasteiger partial charge in [-0.3, -0.25) is 0 Å². The number of hydrogen-bond donors (Lipinski definition) is 2. The third-order valence-electron chi connectivity index (χ3n) is 4.07. The van der Waals surface area contributed by atoms with Crippen LogP contribution in [0.3, 0.4) is 0 Å². The van der Waals surface area contributed by atoms with E-state index in [1.807, 2.05) is 6.07 Å². The number of nitrogens with two attached hydrogens (primary N) is 1. The summed E-state index contributed by atoms with van der Waals surface area (Å²) in [4.78, 5) is 13.5. The predicted octanol–water partition coefficient (Wildman–Crippen LogP) is 2.84. The van der Waals surface area contributed by atoms with E-state index >= 15 is 0 Å². The highest BCUT2D eigenvalue weighted by molar-refractivity contribution is 5.95. The van der Waals surface area contributed by atoms with E-state index in [1.165, 1.54) is 0 Å². The molecule has 19 heavy (non-hydrogen) atoms. The second kappa shape index (κ2) is 5.51. The number of rotatable bonds is 3. The zero-order chi connectivity index (χ0) is 14.0. The number of carboxylic acid groups (broad SMARTS) is 1. The van der Waals surface area contributed by atoms with Gasteiger partial charge in [0.15, 0.2) is 0 Å². The van der Waals surface area contributed by atoms with Crippen LogP contribution in [0.1, 0.15) is 37.0 Å². The number of piperidine rings is 1. The monoisotopic (exact) mass is 262 g/mol. The Morgan fingerprint density at radius 2 is 2.00 bits per heavy atom. The van der Waals surface area contributed by atoms with Gasteiger partial charge in [-0.25, -0.2) is 4.79 Å². The van der Waals surface area contributed by atoms with E-state index in [1.54, 1.807) is 12.1 Å². The van der Waals surface area contributed by atoms with Crippen molar-refractivity contribution in [2.45, 2.75) is 26.7 Å². The molecule has 0 bridgehead atoms. The largest absolute Gasteiger partial charge is 0.478 e. The smallest absolute Gasteiger partial charge is 0.337 e. The number of hydrogen-bond acceptors (Lipinski definition) is 3. The van der Waals surface area contributed by atoms with Crippen LogP contribution < -0.4 is 10.6 Å². The molecule has 1 aromatic rings. The van der Waals surface area contributed by atoms with Crippen LogP contribution in [0.4, 0.5) is 11.4 Å². The number of aromatic carboxylic acids is 1. The Morgan fingerprint density at radius 1 is 1.37 bits per heavy atom. The minimum atomic E-state index is -0.909. The Morgan fingerprint density at radius 3 is 2.53 bits per heavy atom. The summed E-state index contributed by atoms with van der Waals surface area (Å²) >= 11 is 0. The van der Waals surface area contributed by atoms with Crippen LogP contribution in [0.5, 0.6) is 0 Å². The molecule has 1 aliphatic rings. The van der Waals surface area contributed by atoms with Crippen molar-refractivity contribution in [3.05, 3.63) is 23.8 Å². The van der Waals surface area contributed by atoms with Gasteiger partial charge in [0.25, 0.3) is 0 Å². The maximum Gasteiger partial charge on any atom is 0.337 e. The van der Waals surface area contributed by atoms with Gasteiger partial charge < -0.3 is 15.7 Å². The van der Waals surface area contributed by atoms with Crippen molar-refractivity contribution in [3.8, 4) is 0 Å². The van der Waals surface area contributed by atoms with Gasteiger partial charge in [0.05, 0.1) is 11.3 Å². The maximum atomic E-state index is 11.3. The third-order valence-corrected chi connectivity index (χ3v) is 4.07. The molecule has 1 saturated heterocycles. The van der Waals surface area contributed by atoms with Crippen LogP contribution >= 0.6 is 0 Å². The number of nitrogen functional groups attached to an aromatic ring is 1. The van der Waals surface area contributed by atoms with Crippen molar-refractivity contribution >= 4 is 17.3 Å². The molecule has 0 atom stereocenters. The van der Waals surface area contributed by atoms with Crippen molar-refractivity contribution in [3.63, 3.8) is 0 Å². The maximum absolute atomic E-state index is 11.3. The number of nitrogens with zero attached hydrogens (tertiary/aromatic N) is 1. The first-order valence-electron chi connectivity index (χ1n) is 6.87. The van der Waals surface area contributed by atoms with Crippen LogP contribution in [0.15, 0.2) is 18.2 Å². The van der Waals surface area contributed by atoms with Crippen LogP contribution in [0.2, 0.25) is 0 Å². The number of benzene rings is 1. The Kier molecular flexibility index (Phi) is 3.98. The van der Waals surface area contributed by atoms with E-state index in [0.29, 0.717) is 17.2 Å². The van der Waals surface area contributed by atoms with Crippen molar-refractivity contribution < 1.29 is 9.90 Å². The van der Waals surface area contributed by atoms with Crippen molar-refractivity contribution in [2.24, 2.45) is 11.8 Å². The van der Waals surface area contributed by atoms with Gasteiger partial charge in [0, 0.05) is 18.8 Å². The van der Waals surface area contributed by atoms with Gasteiger partial charge >= 0.3 is 5.97 Å². The Balaban J connectivity index is 2.17. The van der Waals surface area contributed by atoms with Crippen molar-refractivity contribution in [2.75, 3.05) is 23.7 Å². The zero-order valence-corrected chi connectivity index (χ0v) is 11.6. The fourth-order valence-electron chi connectivity index (χ4n) is 2.81. The second-order valence-corrected chi connectivity index (χ2v) is 5.65. The zero-order valence-electron chi connectivity index (χ0n) is 11.6. The molecule has 1 aromatic carbocycles. The minimum absolute atomic E-state index is 0.308. The summed E-state index contributed by atoms with van der Waals surface area (Å²) in [5.74, 6) is 0.541. The summed E-state index contributed by atoms with van der Waals surface area (Å²) in [5.41, 5.74) is 7.28. The molecule has 2 rings (SSSR count). The lowest BCUT2D eigenvalue weighted by molar-refractivity contribution is 0.0697. The summed E-state index contributed by atoms with van der Waals surface area (Å²) in [6.07, 6.45) is 2.25. The molecular formula is C15H22N2O2. The summed E-state index contributed by atoms with van der Waals surface area (Å²) in [6, 6.07) is 5.15. The molecule has 0 unspecified atom stereocenters. The van der Waals surface area contributed by atoms with Crippen molar-refractivity contribution in [1.29, 1.82) is 0 Å². The van der Waals surface area contributed by atoms with Gasteiger partial charge in [-0.15, -0.1) is 0 Å². The first kappa shape index (κ1) is 13.7. The van der Waals surface area contributed by atoms with Crippen LogP contribution in [-0.4, -0.2) is 24.2 Å². The molecule has 1 aliphatic heterocycles. The average molecular weight is 262 g/mol. The van der Waals surface area contributed by atoms with E-state index in [4.69, 9.17) is 5.73 Å². The van der Waals surface area contributed by atoms with Gasteiger partial charge in [-0.2, -0.15) is 0 Å². The molecule has 0 aromatic heterocycles. The first-order chi connectivity index (χ1) is 8.99. The molecule has 0 aliphatic carbocycles. The molecule has 4 heteroatoms. The van der Waals surface area contributed by atoms with Gasteiger partial charge in [-0.05, 0) is 42.9 Å². The predicted molar refractivity (Wildman–Crippen MR) is 77.6 cm³/mol. The molecule has 104 valence electrons. The lowest BCUT2D eigenvalue weighted by Crippen LogP contribution is -2.36. The van der Waals surface area contributed by atoms with Crippen LogP contribution in [0, 0.1) is 11.8 Å². The molecule has 0 spiro atoms. The molecule has 1 heterocycles. The molecule has 0 radical (unpaired) electrons. The van der Waals surface area contributed by atoms with E-state index in [9.17, 15) is 9.90 Å². The number of carboxylic acids is 1. The van der Waals surface area contributed by atoms with Gasteiger partial charge in [-0.1, -0.05) is 13.8 Å². The van der Waals surface area contributed by atoms with Crippen LogP contribution in [-0.2, 0) is 0 Å². The average Bonchev–Trinajstić information content (AvgIpc) is 2.38. The lowest BCUT2D eigenvalue weighted by atomic mass is 9.86. The minimum Gasteiger partial charge on any atom is -0.478 e. The van der Waals surface area contributed by atoms with E-state index in [-0.39, 0.29) is 0 Å². The fourth-order valence-corrected chi connectivity index (χ4v) is 2.81. The van der Waals surface area contributed by atoms with Gasteiger partial charge in [0.1, 0.15) is 0 Å². The summed E-state index contributed by atoms with van der Waals surface area (Å²) in [5, 5.41) is 9.28. The molecule has 0 amide bonds. The van der Waals surface area contributed by atoms with Crippen LogP contribution in [0.25, 0.3) is 0 Å². The highest BCUT2D eigenvalue weighted by atomic mass is 16.4. The normalized spacial score (nSPS) is 16.9. The molecule has 0 saturated carbocycles. The molecule has 3 N–H and O–H groups in total. The van der Waals surface area contributed by atoms with E-state index < -0.39 is 5.97 Å². The molecular weight excluding hydrogens is 240 g/mol. The first-order valence-corrected chi connectivity index (χ1v) is 6.87. The highest BCUT2D eigenvalue weighted by Crippen LogP contribution is 2.30. The SMILES string of the molecule is CC(C)C1CCN(c2ccc(N)cc2C(=O)O)CC1. The summed E-state index contributed by atoms with van der Waals surface area (Å²) in [6.45, 7) is 6.36. The second-order valence-electron chi connectivity index (χ2n) is 5.65.